The van der Waals surface area contributed by atoms with Crippen LogP contribution in [0, 0.1) is 11.8 Å². The van der Waals surface area contributed by atoms with E-state index in [1.807, 2.05) is 18.7 Å². The molecule has 3 aliphatic rings. The van der Waals surface area contributed by atoms with E-state index in [1.165, 1.54) is 0 Å². The first-order valence-electron chi connectivity index (χ1n) is 12.5. The second kappa shape index (κ2) is 10.4. The molecule has 0 saturated carbocycles. The first-order chi connectivity index (χ1) is 15.8. The van der Waals surface area contributed by atoms with Crippen molar-refractivity contribution in [1.29, 1.82) is 0 Å². The standard InChI is InChI=1S/C25H40N2O5S/c1-6-10-11-15-26(14-7-2)22(30)20-25-13-12-24(5,33-25)19(23(31)32-9-4)18(25)21(29)27(20)17(8-3)16-28/h7,17-20,28H,2,6,8-16H2,1,3-5H3/t17-,18-,19+,20?,24-,25?/m0/s1. The van der Waals surface area contributed by atoms with Gasteiger partial charge in [0.15, 0.2) is 0 Å². The zero-order valence-corrected chi connectivity index (χ0v) is 21.4. The second-order valence-electron chi connectivity index (χ2n) is 9.75. The van der Waals surface area contributed by atoms with E-state index in [9.17, 15) is 19.5 Å². The highest BCUT2D eigenvalue weighted by Crippen LogP contribution is 2.71. The number of nitrogens with zero attached hydrogens (tertiary/aromatic N) is 2. The van der Waals surface area contributed by atoms with Gasteiger partial charge in [0, 0.05) is 17.8 Å². The number of hydrogen-bond donors (Lipinski definition) is 1. The normalized spacial score (nSPS) is 33.2. The van der Waals surface area contributed by atoms with Crippen LogP contribution in [-0.2, 0) is 19.1 Å². The molecule has 3 rings (SSSR count). The van der Waals surface area contributed by atoms with Crippen molar-refractivity contribution in [2.75, 3.05) is 26.3 Å². The summed E-state index contributed by atoms with van der Waals surface area (Å²) in [5, 5.41) is 10.1. The van der Waals surface area contributed by atoms with Crippen molar-refractivity contribution in [3.05, 3.63) is 12.7 Å². The predicted molar refractivity (Wildman–Crippen MR) is 130 cm³/mol. The number of unbranched alkanes of at least 4 members (excludes halogenated alkanes) is 2. The van der Waals surface area contributed by atoms with Crippen LogP contribution >= 0.6 is 11.8 Å². The van der Waals surface area contributed by atoms with Crippen LogP contribution in [0.1, 0.15) is 66.2 Å². The minimum Gasteiger partial charge on any atom is -0.466 e. The number of aliphatic hydroxyl groups is 1. The fourth-order valence-electron chi connectivity index (χ4n) is 6.21. The Balaban J connectivity index is 2.06. The molecule has 0 aromatic carbocycles. The van der Waals surface area contributed by atoms with Gasteiger partial charge in [0.05, 0.1) is 35.8 Å². The van der Waals surface area contributed by atoms with Gasteiger partial charge in [-0.05, 0) is 39.5 Å². The molecule has 0 aromatic heterocycles. The Hall–Kier alpha value is -1.54. The lowest BCUT2D eigenvalue weighted by molar-refractivity contribution is -0.155. The third kappa shape index (κ3) is 4.22. The average Bonchev–Trinajstić information content (AvgIpc) is 3.35. The lowest BCUT2D eigenvalue weighted by Crippen LogP contribution is -2.57. The zero-order chi connectivity index (χ0) is 24.4. The summed E-state index contributed by atoms with van der Waals surface area (Å²) in [5.74, 6) is -1.79. The van der Waals surface area contributed by atoms with Crippen LogP contribution in [0.2, 0.25) is 0 Å². The van der Waals surface area contributed by atoms with Crippen molar-refractivity contribution >= 4 is 29.5 Å². The third-order valence-electron chi connectivity index (χ3n) is 7.76. The highest BCUT2D eigenvalue weighted by Gasteiger charge is 2.78. The number of carbonyl (C=O) groups excluding carboxylic acids is 3. The van der Waals surface area contributed by atoms with E-state index in [0.29, 0.717) is 25.9 Å². The average molecular weight is 481 g/mol. The summed E-state index contributed by atoms with van der Waals surface area (Å²) in [5.41, 5.74) is 0. The van der Waals surface area contributed by atoms with Crippen LogP contribution in [0.4, 0.5) is 0 Å². The minimum atomic E-state index is -0.695. The van der Waals surface area contributed by atoms with Crippen LogP contribution in [0.5, 0.6) is 0 Å². The Bertz CT molecular complexity index is 772. The molecule has 186 valence electrons. The molecule has 3 fully saturated rings. The Morgan fingerprint density at radius 2 is 2.06 bits per heavy atom. The van der Waals surface area contributed by atoms with Gasteiger partial charge in [0.25, 0.3) is 0 Å². The maximum Gasteiger partial charge on any atom is 0.311 e. The summed E-state index contributed by atoms with van der Waals surface area (Å²) < 4.78 is 4.31. The summed E-state index contributed by atoms with van der Waals surface area (Å²) in [6, 6.07) is -1.15. The highest BCUT2D eigenvalue weighted by atomic mass is 32.2. The van der Waals surface area contributed by atoms with E-state index in [0.717, 1.165) is 25.7 Å². The molecule has 0 aromatic rings. The van der Waals surface area contributed by atoms with Crippen LogP contribution in [-0.4, -0.2) is 80.6 Å². The van der Waals surface area contributed by atoms with E-state index in [2.05, 4.69) is 13.5 Å². The summed E-state index contributed by atoms with van der Waals surface area (Å²) in [6.45, 7) is 12.8. The fraction of sp³-hybridized carbons (Fsp3) is 0.800. The van der Waals surface area contributed by atoms with Crippen molar-refractivity contribution in [3.8, 4) is 0 Å². The lowest BCUT2D eigenvalue weighted by Gasteiger charge is -2.39. The van der Waals surface area contributed by atoms with E-state index in [4.69, 9.17) is 4.74 Å². The number of amides is 2. The predicted octanol–water partition coefficient (Wildman–Crippen LogP) is 3.01. The molecule has 0 radical (unpaired) electrons. The topological polar surface area (TPSA) is 87.2 Å². The molecule has 3 aliphatic heterocycles. The number of carbonyl (C=O) groups is 3. The van der Waals surface area contributed by atoms with Crippen LogP contribution in [0.25, 0.3) is 0 Å². The molecular formula is C25H40N2O5S. The molecule has 2 bridgehead atoms. The first-order valence-corrected chi connectivity index (χ1v) is 13.3. The summed E-state index contributed by atoms with van der Waals surface area (Å²) in [7, 11) is 0. The van der Waals surface area contributed by atoms with Crippen LogP contribution < -0.4 is 0 Å². The molecule has 3 saturated heterocycles. The number of hydrogen-bond acceptors (Lipinski definition) is 6. The molecule has 6 atom stereocenters. The monoisotopic (exact) mass is 480 g/mol. The van der Waals surface area contributed by atoms with Gasteiger partial charge in [0.2, 0.25) is 11.8 Å². The number of rotatable bonds is 12. The molecular weight excluding hydrogens is 440 g/mol. The summed E-state index contributed by atoms with van der Waals surface area (Å²) in [6.07, 6.45) is 6.69. The van der Waals surface area contributed by atoms with Gasteiger partial charge in [0.1, 0.15) is 6.04 Å². The molecule has 0 aliphatic carbocycles. The molecule has 2 amide bonds. The quantitative estimate of drug-likeness (QED) is 0.263. The number of thioether (sulfide) groups is 1. The number of aliphatic hydroxyl groups excluding tert-OH is 1. The number of fused-ring (bicyclic) bond motifs is 1. The van der Waals surface area contributed by atoms with Gasteiger partial charge in [-0.25, -0.2) is 0 Å². The van der Waals surface area contributed by atoms with Crippen molar-refractivity contribution in [2.45, 2.75) is 87.8 Å². The molecule has 8 heteroatoms. The maximum absolute atomic E-state index is 14.1. The van der Waals surface area contributed by atoms with Crippen LogP contribution in [0.3, 0.4) is 0 Å². The van der Waals surface area contributed by atoms with Crippen molar-refractivity contribution in [3.63, 3.8) is 0 Å². The smallest absolute Gasteiger partial charge is 0.311 e. The zero-order valence-electron chi connectivity index (χ0n) is 20.5. The largest absolute Gasteiger partial charge is 0.466 e. The Labute approximate surface area is 202 Å². The third-order valence-corrected chi connectivity index (χ3v) is 9.74. The molecule has 33 heavy (non-hydrogen) atoms. The van der Waals surface area contributed by atoms with Crippen molar-refractivity contribution in [1.82, 2.24) is 9.80 Å². The molecule has 7 nitrogen and oxygen atoms in total. The van der Waals surface area contributed by atoms with Crippen molar-refractivity contribution in [2.24, 2.45) is 11.8 Å². The summed E-state index contributed by atoms with van der Waals surface area (Å²) in [4.78, 5) is 44.6. The van der Waals surface area contributed by atoms with Gasteiger partial charge < -0.3 is 19.6 Å². The molecule has 2 unspecified atom stereocenters. The molecule has 1 N–H and O–H groups in total. The molecule has 1 spiro atoms. The summed E-state index contributed by atoms with van der Waals surface area (Å²) >= 11 is 1.64. The Morgan fingerprint density at radius 3 is 2.64 bits per heavy atom. The SMILES string of the molecule is C=CCN(CCCCC)C(=O)C1N([C@@H](CC)CO)C(=O)[C@@H]2[C@H](C(=O)OCC)[C@]3(C)CCC12S3. The van der Waals surface area contributed by atoms with Gasteiger partial charge in [-0.2, -0.15) is 0 Å². The highest BCUT2D eigenvalue weighted by molar-refractivity contribution is 8.02. The first kappa shape index (κ1) is 26.1. The van der Waals surface area contributed by atoms with E-state index in [-0.39, 0.29) is 31.0 Å². The lowest BCUT2D eigenvalue weighted by atomic mass is 9.66. The maximum atomic E-state index is 14.1. The molecule has 3 heterocycles. The van der Waals surface area contributed by atoms with Gasteiger partial charge in [-0.15, -0.1) is 18.3 Å². The number of esters is 1. The van der Waals surface area contributed by atoms with Gasteiger partial charge >= 0.3 is 5.97 Å². The van der Waals surface area contributed by atoms with Crippen molar-refractivity contribution < 1.29 is 24.2 Å². The second-order valence-corrected chi connectivity index (χ2v) is 11.6. The van der Waals surface area contributed by atoms with Crippen LogP contribution in [0.15, 0.2) is 12.7 Å². The van der Waals surface area contributed by atoms with Gasteiger partial charge in [-0.3, -0.25) is 14.4 Å². The minimum absolute atomic E-state index is 0.0880. The Kier molecular flexibility index (Phi) is 8.20. The Morgan fingerprint density at radius 1 is 1.33 bits per heavy atom. The van der Waals surface area contributed by atoms with E-state index < -0.39 is 33.4 Å². The van der Waals surface area contributed by atoms with E-state index >= 15 is 0 Å². The van der Waals surface area contributed by atoms with E-state index in [1.54, 1.807) is 29.7 Å². The van der Waals surface area contributed by atoms with Gasteiger partial charge in [-0.1, -0.05) is 32.8 Å². The number of ether oxygens (including phenoxy) is 1. The number of likely N-dealkylation sites (tertiary alicyclic amines) is 1. The fourth-order valence-corrected chi connectivity index (χ4v) is 8.54.